The van der Waals surface area contributed by atoms with Gasteiger partial charge in [0, 0.05) is 13.1 Å². The van der Waals surface area contributed by atoms with Gasteiger partial charge in [-0.1, -0.05) is 12.1 Å². The van der Waals surface area contributed by atoms with E-state index in [2.05, 4.69) is 4.98 Å². The molecule has 0 radical (unpaired) electrons. The first-order valence-corrected chi connectivity index (χ1v) is 10.9. The molecule has 0 aliphatic carbocycles. The molecule has 3 heterocycles. The quantitative estimate of drug-likeness (QED) is 0.632. The van der Waals surface area contributed by atoms with Gasteiger partial charge in [-0.05, 0) is 56.9 Å². The highest BCUT2D eigenvalue weighted by atomic mass is 32.1. The number of benzene rings is 1. The fourth-order valence-corrected chi connectivity index (χ4v) is 5.12. The molecule has 29 heavy (non-hydrogen) atoms. The van der Waals surface area contributed by atoms with Gasteiger partial charge >= 0.3 is 0 Å². The van der Waals surface area contributed by atoms with Gasteiger partial charge in [0.05, 0.1) is 29.2 Å². The predicted octanol–water partition coefficient (Wildman–Crippen LogP) is 4.16. The summed E-state index contributed by atoms with van der Waals surface area (Å²) in [6.45, 7) is 7.64. The number of hydrogen-bond donors (Lipinski definition) is 0. The largest absolute Gasteiger partial charge is 0.494 e. The van der Waals surface area contributed by atoms with Crippen molar-refractivity contribution in [2.45, 2.75) is 46.2 Å². The molecule has 0 unspecified atom stereocenters. The van der Waals surface area contributed by atoms with Crippen molar-refractivity contribution < 1.29 is 9.53 Å². The van der Waals surface area contributed by atoms with E-state index in [0.29, 0.717) is 28.2 Å². The summed E-state index contributed by atoms with van der Waals surface area (Å²) in [6.07, 6.45) is 3.46. The van der Waals surface area contributed by atoms with Crippen LogP contribution in [0, 0.1) is 6.92 Å². The molecule has 1 fully saturated rings. The summed E-state index contributed by atoms with van der Waals surface area (Å²) in [4.78, 5) is 33.7. The molecule has 152 valence electrons. The molecule has 6 nitrogen and oxygen atoms in total. The molecule has 0 bridgehead atoms. The summed E-state index contributed by atoms with van der Waals surface area (Å²) in [5.74, 6) is 0.829. The van der Waals surface area contributed by atoms with Crippen LogP contribution >= 0.6 is 11.3 Å². The minimum atomic E-state index is -0.0743. The number of likely N-dealkylation sites (tertiary alicyclic amines) is 1. The standard InChI is InChI=1S/C22H25N3O3S/c1-4-24-13-23-20-18(21(24)26)14(3)19(29-20)22(27)25-12-6-7-17(25)15-8-10-16(11-9-15)28-5-2/h8-11,13,17H,4-7,12H2,1-3H3/t17-/m0/s1. The zero-order valence-electron chi connectivity index (χ0n) is 17.0. The van der Waals surface area contributed by atoms with Gasteiger partial charge in [-0.3, -0.25) is 14.2 Å². The number of ether oxygens (including phenoxy) is 1. The molecule has 3 aromatic rings. The van der Waals surface area contributed by atoms with E-state index in [1.165, 1.54) is 11.3 Å². The van der Waals surface area contributed by atoms with E-state index >= 15 is 0 Å². The molecule has 0 spiro atoms. The van der Waals surface area contributed by atoms with Crippen LogP contribution in [0.3, 0.4) is 0 Å². The number of rotatable bonds is 5. The maximum Gasteiger partial charge on any atom is 0.264 e. The highest BCUT2D eigenvalue weighted by molar-refractivity contribution is 7.20. The number of amides is 1. The molecule has 1 aromatic carbocycles. The SMILES string of the molecule is CCOc1ccc([C@@H]2CCCN2C(=O)c2sc3ncn(CC)c(=O)c3c2C)cc1. The fraction of sp³-hybridized carbons (Fsp3) is 0.409. The summed E-state index contributed by atoms with van der Waals surface area (Å²) in [5, 5.41) is 0.569. The maximum atomic E-state index is 13.4. The number of carbonyl (C=O) groups is 1. The van der Waals surface area contributed by atoms with Gasteiger partial charge in [0.15, 0.2) is 0 Å². The third-order valence-corrected chi connectivity index (χ3v) is 6.73. The number of hydrogen-bond acceptors (Lipinski definition) is 5. The van der Waals surface area contributed by atoms with Crippen LogP contribution in [0.15, 0.2) is 35.4 Å². The molecule has 0 N–H and O–H groups in total. The molecule has 1 aliphatic heterocycles. The smallest absolute Gasteiger partial charge is 0.264 e. The second-order valence-electron chi connectivity index (χ2n) is 7.23. The van der Waals surface area contributed by atoms with Crippen molar-refractivity contribution >= 4 is 27.5 Å². The average Bonchev–Trinajstić information content (AvgIpc) is 3.34. The summed E-state index contributed by atoms with van der Waals surface area (Å²) in [6, 6.07) is 8.05. The molecule has 1 amide bonds. The van der Waals surface area contributed by atoms with E-state index in [4.69, 9.17) is 4.74 Å². The fourth-order valence-electron chi connectivity index (χ4n) is 4.03. The van der Waals surface area contributed by atoms with Crippen molar-refractivity contribution in [2.75, 3.05) is 13.2 Å². The third kappa shape index (κ3) is 3.44. The van der Waals surface area contributed by atoms with Crippen molar-refractivity contribution in [1.82, 2.24) is 14.5 Å². The van der Waals surface area contributed by atoms with Gasteiger partial charge in [-0.15, -0.1) is 11.3 Å². The number of carbonyl (C=O) groups excluding carboxylic acids is 1. The number of thiophene rings is 1. The number of aryl methyl sites for hydroxylation is 2. The molecule has 1 aliphatic rings. The van der Waals surface area contributed by atoms with Gasteiger partial charge in [0.2, 0.25) is 0 Å². The first-order valence-electron chi connectivity index (χ1n) is 10.1. The Bertz CT molecular complexity index is 1100. The Labute approximate surface area is 173 Å². The van der Waals surface area contributed by atoms with Gasteiger partial charge < -0.3 is 9.64 Å². The average molecular weight is 412 g/mol. The lowest BCUT2D eigenvalue weighted by molar-refractivity contribution is 0.0740. The van der Waals surface area contributed by atoms with Gasteiger partial charge in [0.25, 0.3) is 11.5 Å². The highest BCUT2D eigenvalue weighted by Gasteiger charge is 2.33. The topological polar surface area (TPSA) is 64.4 Å². The molecule has 7 heteroatoms. The lowest BCUT2D eigenvalue weighted by Gasteiger charge is -2.25. The van der Waals surface area contributed by atoms with Crippen LogP contribution in [0.25, 0.3) is 10.2 Å². The first-order chi connectivity index (χ1) is 14.0. The van der Waals surface area contributed by atoms with Crippen molar-refractivity contribution in [3.8, 4) is 5.75 Å². The van der Waals surface area contributed by atoms with Crippen LogP contribution in [0.4, 0.5) is 0 Å². The summed E-state index contributed by atoms with van der Waals surface area (Å²) >= 11 is 1.32. The Hall–Kier alpha value is -2.67. The third-order valence-electron chi connectivity index (χ3n) is 5.54. The minimum absolute atomic E-state index is 0.00988. The summed E-state index contributed by atoms with van der Waals surface area (Å²) < 4.78 is 7.11. The van der Waals surface area contributed by atoms with Crippen LogP contribution < -0.4 is 10.3 Å². The lowest BCUT2D eigenvalue weighted by Crippen LogP contribution is -2.30. The Kier molecular flexibility index (Phi) is 5.41. The second-order valence-corrected chi connectivity index (χ2v) is 8.23. The molecular formula is C22H25N3O3S. The molecular weight excluding hydrogens is 386 g/mol. The Morgan fingerprint density at radius 1 is 1.28 bits per heavy atom. The molecule has 0 saturated carbocycles. The summed E-state index contributed by atoms with van der Waals surface area (Å²) in [7, 11) is 0. The van der Waals surface area contributed by atoms with Crippen LogP contribution in [-0.2, 0) is 6.54 Å². The second kappa shape index (κ2) is 7.99. The molecule has 2 aromatic heterocycles. The van der Waals surface area contributed by atoms with Gasteiger partial charge in [0.1, 0.15) is 10.6 Å². The molecule has 4 rings (SSSR count). The summed E-state index contributed by atoms with van der Waals surface area (Å²) in [5.41, 5.74) is 1.78. The van der Waals surface area contributed by atoms with E-state index in [-0.39, 0.29) is 17.5 Å². The van der Waals surface area contributed by atoms with E-state index < -0.39 is 0 Å². The van der Waals surface area contributed by atoms with Crippen LogP contribution in [0.5, 0.6) is 5.75 Å². The molecule has 1 atom stereocenters. The maximum absolute atomic E-state index is 13.4. The lowest BCUT2D eigenvalue weighted by atomic mass is 10.0. The van der Waals surface area contributed by atoms with E-state index in [1.807, 2.05) is 49.9 Å². The van der Waals surface area contributed by atoms with Crippen LogP contribution in [0.1, 0.15) is 53.5 Å². The van der Waals surface area contributed by atoms with Gasteiger partial charge in [-0.2, -0.15) is 0 Å². The van der Waals surface area contributed by atoms with Crippen molar-refractivity contribution in [2.24, 2.45) is 0 Å². The normalized spacial score (nSPS) is 16.5. The Morgan fingerprint density at radius 2 is 2.03 bits per heavy atom. The van der Waals surface area contributed by atoms with E-state index in [1.54, 1.807) is 10.9 Å². The molecule has 1 saturated heterocycles. The van der Waals surface area contributed by atoms with Crippen LogP contribution in [0.2, 0.25) is 0 Å². The van der Waals surface area contributed by atoms with Crippen molar-refractivity contribution in [1.29, 1.82) is 0 Å². The minimum Gasteiger partial charge on any atom is -0.494 e. The first kappa shape index (κ1) is 19.6. The number of nitrogens with zero attached hydrogens (tertiary/aromatic N) is 3. The van der Waals surface area contributed by atoms with Gasteiger partial charge in [-0.25, -0.2) is 4.98 Å². The Morgan fingerprint density at radius 3 is 2.72 bits per heavy atom. The number of fused-ring (bicyclic) bond motifs is 1. The van der Waals surface area contributed by atoms with Crippen molar-refractivity contribution in [3.63, 3.8) is 0 Å². The monoisotopic (exact) mass is 411 g/mol. The predicted molar refractivity (Wildman–Crippen MR) is 115 cm³/mol. The van der Waals surface area contributed by atoms with E-state index in [9.17, 15) is 9.59 Å². The Balaban J connectivity index is 1.67. The zero-order chi connectivity index (χ0) is 20.5. The van der Waals surface area contributed by atoms with Crippen LogP contribution in [-0.4, -0.2) is 33.5 Å². The van der Waals surface area contributed by atoms with Crippen molar-refractivity contribution in [3.05, 3.63) is 57.0 Å². The number of aromatic nitrogens is 2. The van der Waals surface area contributed by atoms with E-state index in [0.717, 1.165) is 36.3 Å². The highest BCUT2D eigenvalue weighted by Crippen LogP contribution is 2.36. The zero-order valence-corrected chi connectivity index (χ0v) is 17.8.